The molecule has 22 heavy (non-hydrogen) atoms. The van der Waals surface area contributed by atoms with Gasteiger partial charge in [0.05, 0.1) is 17.4 Å². The second kappa shape index (κ2) is 5.75. The van der Waals surface area contributed by atoms with E-state index in [0.717, 1.165) is 24.4 Å². The minimum atomic E-state index is -0.134. The third-order valence-corrected chi connectivity index (χ3v) is 3.81. The van der Waals surface area contributed by atoms with Gasteiger partial charge in [0, 0.05) is 25.7 Å². The Balaban J connectivity index is 1.90. The van der Waals surface area contributed by atoms with E-state index in [-0.39, 0.29) is 17.7 Å². The van der Waals surface area contributed by atoms with Gasteiger partial charge in [-0.25, -0.2) is 9.97 Å². The summed E-state index contributed by atoms with van der Waals surface area (Å²) in [5.74, 6) is 1.60. The van der Waals surface area contributed by atoms with Crippen LogP contribution in [0.25, 0.3) is 0 Å². The Hall–Kier alpha value is -2.44. The summed E-state index contributed by atoms with van der Waals surface area (Å²) < 4.78 is 5.11. The van der Waals surface area contributed by atoms with Gasteiger partial charge >= 0.3 is 0 Å². The molecule has 2 aromatic heterocycles. The van der Waals surface area contributed by atoms with Crippen molar-refractivity contribution in [2.24, 2.45) is 0 Å². The van der Waals surface area contributed by atoms with Gasteiger partial charge in [0.15, 0.2) is 0 Å². The minimum Gasteiger partial charge on any atom is -0.373 e. The lowest BCUT2D eigenvalue weighted by Gasteiger charge is -2.23. The van der Waals surface area contributed by atoms with Crippen molar-refractivity contribution in [1.29, 1.82) is 0 Å². The summed E-state index contributed by atoms with van der Waals surface area (Å²) in [6.07, 6.45) is 1.83. The fourth-order valence-electron chi connectivity index (χ4n) is 2.81. The summed E-state index contributed by atoms with van der Waals surface area (Å²) in [7, 11) is 1.82. The van der Waals surface area contributed by atoms with Crippen molar-refractivity contribution in [3.05, 3.63) is 35.1 Å². The number of hydrogen-bond donors (Lipinski definition) is 1. The second-order valence-electron chi connectivity index (χ2n) is 5.46. The number of nitrogens with one attached hydrogen (secondary N) is 1. The van der Waals surface area contributed by atoms with Crippen molar-refractivity contribution in [2.75, 3.05) is 18.9 Å². The van der Waals surface area contributed by atoms with E-state index >= 15 is 0 Å². The summed E-state index contributed by atoms with van der Waals surface area (Å²) in [6.45, 7) is 4.35. The lowest BCUT2D eigenvalue weighted by molar-refractivity contribution is 0.0690. The van der Waals surface area contributed by atoms with E-state index in [0.29, 0.717) is 18.1 Å². The average Bonchev–Trinajstić information content (AvgIpc) is 3.14. The van der Waals surface area contributed by atoms with Gasteiger partial charge < -0.3 is 14.7 Å². The molecule has 3 rings (SSSR count). The summed E-state index contributed by atoms with van der Waals surface area (Å²) >= 11 is 0. The maximum atomic E-state index is 12.6. The fourth-order valence-corrected chi connectivity index (χ4v) is 2.81. The number of aromatic nitrogens is 3. The van der Waals surface area contributed by atoms with Crippen LogP contribution >= 0.6 is 0 Å². The molecule has 1 N–H and O–H groups in total. The molecule has 116 valence electrons. The zero-order valence-corrected chi connectivity index (χ0v) is 13.0. The topological polar surface area (TPSA) is 84.2 Å². The standard InChI is InChI=1S/C15H19N5O2/c1-9-7-13(22-19-9)15(21)20-6-4-5-12(20)11-8-14(16-3)18-10(2)17-11/h7-8,12H,4-6H2,1-3H3,(H,16,17,18). The van der Waals surface area contributed by atoms with Gasteiger partial charge in [-0.3, -0.25) is 4.79 Å². The molecule has 1 amide bonds. The average molecular weight is 301 g/mol. The zero-order valence-electron chi connectivity index (χ0n) is 13.0. The van der Waals surface area contributed by atoms with Crippen molar-refractivity contribution < 1.29 is 9.32 Å². The van der Waals surface area contributed by atoms with Crippen LogP contribution in [0.4, 0.5) is 5.82 Å². The molecule has 7 heteroatoms. The quantitative estimate of drug-likeness (QED) is 0.934. The third-order valence-electron chi connectivity index (χ3n) is 3.81. The molecule has 0 radical (unpaired) electrons. The summed E-state index contributed by atoms with van der Waals surface area (Å²) in [5.41, 5.74) is 1.56. The Kier molecular flexibility index (Phi) is 3.79. The van der Waals surface area contributed by atoms with E-state index in [1.807, 2.05) is 20.0 Å². The van der Waals surface area contributed by atoms with Crippen LogP contribution in [0.2, 0.25) is 0 Å². The Morgan fingerprint density at radius 1 is 1.36 bits per heavy atom. The molecule has 0 aliphatic carbocycles. The van der Waals surface area contributed by atoms with E-state index in [4.69, 9.17) is 4.52 Å². The van der Waals surface area contributed by atoms with Crippen LogP contribution < -0.4 is 5.32 Å². The van der Waals surface area contributed by atoms with E-state index in [1.165, 1.54) is 0 Å². The first-order chi connectivity index (χ1) is 10.6. The molecule has 7 nitrogen and oxygen atoms in total. The number of rotatable bonds is 3. The highest BCUT2D eigenvalue weighted by Gasteiger charge is 2.33. The number of amides is 1. The number of likely N-dealkylation sites (tertiary alicyclic amines) is 1. The predicted molar refractivity (Wildman–Crippen MR) is 80.6 cm³/mol. The van der Waals surface area contributed by atoms with E-state index in [2.05, 4.69) is 20.4 Å². The number of aryl methyl sites for hydroxylation is 2. The highest BCUT2D eigenvalue weighted by molar-refractivity contribution is 5.92. The highest BCUT2D eigenvalue weighted by Crippen LogP contribution is 2.33. The van der Waals surface area contributed by atoms with Crippen molar-refractivity contribution in [2.45, 2.75) is 32.7 Å². The van der Waals surface area contributed by atoms with Crippen LogP contribution in [0, 0.1) is 13.8 Å². The summed E-state index contributed by atoms with van der Waals surface area (Å²) in [5, 5.41) is 6.82. The molecule has 1 unspecified atom stereocenters. The van der Waals surface area contributed by atoms with E-state index in [9.17, 15) is 4.79 Å². The molecule has 2 aromatic rings. The van der Waals surface area contributed by atoms with Gasteiger partial charge in [0.1, 0.15) is 11.6 Å². The molecule has 1 saturated heterocycles. The molecule has 0 bridgehead atoms. The molecule has 1 aliphatic rings. The van der Waals surface area contributed by atoms with Gasteiger partial charge in [-0.1, -0.05) is 5.16 Å². The van der Waals surface area contributed by atoms with Crippen LogP contribution in [0.3, 0.4) is 0 Å². The first-order valence-corrected chi connectivity index (χ1v) is 7.36. The van der Waals surface area contributed by atoms with Crippen molar-refractivity contribution >= 4 is 11.7 Å². The SMILES string of the molecule is CNc1cc(C2CCCN2C(=O)c2cc(C)no2)nc(C)n1. The first-order valence-electron chi connectivity index (χ1n) is 7.36. The largest absolute Gasteiger partial charge is 0.373 e. The van der Waals surface area contributed by atoms with Gasteiger partial charge in [-0.15, -0.1) is 0 Å². The van der Waals surface area contributed by atoms with Crippen LogP contribution in [0.15, 0.2) is 16.7 Å². The molecule has 0 spiro atoms. The van der Waals surface area contributed by atoms with Crippen molar-refractivity contribution in [1.82, 2.24) is 20.0 Å². The summed E-state index contributed by atoms with van der Waals surface area (Å²) in [4.78, 5) is 23.2. The third kappa shape index (κ3) is 2.66. The molecule has 0 aromatic carbocycles. The first kappa shape index (κ1) is 14.5. The number of carbonyl (C=O) groups excluding carboxylic acids is 1. The molecule has 1 aliphatic heterocycles. The molecular formula is C15H19N5O2. The second-order valence-corrected chi connectivity index (χ2v) is 5.46. The van der Waals surface area contributed by atoms with Crippen LogP contribution in [-0.2, 0) is 0 Å². The van der Waals surface area contributed by atoms with Crippen LogP contribution in [0.1, 0.15) is 46.7 Å². The monoisotopic (exact) mass is 301 g/mol. The fraction of sp³-hybridized carbons (Fsp3) is 0.467. The van der Waals surface area contributed by atoms with Crippen molar-refractivity contribution in [3.63, 3.8) is 0 Å². The Labute approximate surface area is 128 Å². The number of hydrogen-bond acceptors (Lipinski definition) is 6. The predicted octanol–water partition coefficient (Wildman–Crippen LogP) is 2.10. The van der Waals surface area contributed by atoms with Crippen molar-refractivity contribution in [3.8, 4) is 0 Å². The van der Waals surface area contributed by atoms with Gasteiger partial charge in [-0.2, -0.15) is 0 Å². The number of carbonyl (C=O) groups is 1. The molecule has 1 fully saturated rings. The number of nitrogens with zero attached hydrogens (tertiary/aromatic N) is 4. The lowest BCUT2D eigenvalue weighted by Crippen LogP contribution is -2.31. The molecule has 0 saturated carbocycles. The number of anilines is 1. The van der Waals surface area contributed by atoms with Gasteiger partial charge in [-0.05, 0) is 26.7 Å². The Bertz CT molecular complexity index is 697. The molecular weight excluding hydrogens is 282 g/mol. The normalized spacial score (nSPS) is 17.8. The minimum absolute atomic E-state index is 0.0493. The Morgan fingerprint density at radius 3 is 2.86 bits per heavy atom. The molecule has 3 heterocycles. The smallest absolute Gasteiger partial charge is 0.293 e. The maximum Gasteiger partial charge on any atom is 0.293 e. The highest BCUT2D eigenvalue weighted by atomic mass is 16.5. The zero-order chi connectivity index (χ0) is 15.7. The lowest BCUT2D eigenvalue weighted by atomic mass is 10.1. The van der Waals surface area contributed by atoms with Crippen LogP contribution in [0.5, 0.6) is 0 Å². The van der Waals surface area contributed by atoms with Crippen LogP contribution in [-0.4, -0.2) is 39.5 Å². The maximum absolute atomic E-state index is 12.6. The molecule has 1 atom stereocenters. The van der Waals surface area contributed by atoms with Gasteiger partial charge in [0.2, 0.25) is 5.76 Å². The Morgan fingerprint density at radius 2 is 2.18 bits per heavy atom. The van der Waals surface area contributed by atoms with Gasteiger partial charge in [0.25, 0.3) is 5.91 Å². The van der Waals surface area contributed by atoms with E-state index < -0.39 is 0 Å². The van der Waals surface area contributed by atoms with E-state index in [1.54, 1.807) is 17.9 Å². The summed E-state index contributed by atoms with van der Waals surface area (Å²) in [6, 6.07) is 3.52.